The Morgan fingerprint density at radius 2 is 2.21 bits per heavy atom. The molecule has 78 valence electrons. The van der Waals surface area contributed by atoms with Crippen molar-refractivity contribution in [1.29, 1.82) is 0 Å². The molecule has 0 fully saturated rings. The summed E-state index contributed by atoms with van der Waals surface area (Å²) in [6.07, 6.45) is 2.43. The molecular formula is C11H15BrIN. The molecule has 0 saturated heterocycles. The third-order valence-electron chi connectivity index (χ3n) is 2.05. The van der Waals surface area contributed by atoms with Gasteiger partial charge in [0.15, 0.2) is 0 Å². The van der Waals surface area contributed by atoms with Crippen molar-refractivity contribution < 1.29 is 0 Å². The van der Waals surface area contributed by atoms with E-state index in [-0.39, 0.29) is 0 Å². The van der Waals surface area contributed by atoms with Crippen LogP contribution in [0.4, 0.5) is 5.69 Å². The van der Waals surface area contributed by atoms with Crippen molar-refractivity contribution in [2.45, 2.75) is 32.7 Å². The van der Waals surface area contributed by atoms with Gasteiger partial charge in [-0.25, -0.2) is 0 Å². The SMILES string of the molecule is CCCC(C)Nc1ccc(I)c(Br)c1. The minimum atomic E-state index is 0.548. The van der Waals surface area contributed by atoms with Gasteiger partial charge in [-0.1, -0.05) is 13.3 Å². The summed E-state index contributed by atoms with van der Waals surface area (Å²) in [7, 11) is 0. The first-order chi connectivity index (χ1) is 6.63. The topological polar surface area (TPSA) is 12.0 Å². The Morgan fingerprint density at radius 3 is 2.79 bits per heavy atom. The summed E-state index contributed by atoms with van der Waals surface area (Å²) in [6.45, 7) is 4.43. The molecule has 0 aliphatic heterocycles. The molecule has 1 aromatic carbocycles. The second kappa shape index (κ2) is 5.95. The molecule has 1 nitrogen and oxygen atoms in total. The summed E-state index contributed by atoms with van der Waals surface area (Å²) in [5.41, 5.74) is 1.19. The van der Waals surface area contributed by atoms with E-state index in [2.05, 4.69) is 75.9 Å². The first-order valence-corrected chi connectivity index (χ1v) is 6.72. The highest BCUT2D eigenvalue weighted by Gasteiger charge is 2.02. The molecule has 1 rings (SSSR count). The fourth-order valence-corrected chi connectivity index (χ4v) is 2.09. The lowest BCUT2D eigenvalue weighted by atomic mass is 10.2. The minimum Gasteiger partial charge on any atom is -0.383 e. The zero-order valence-corrected chi connectivity index (χ0v) is 12.2. The van der Waals surface area contributed by atoms with Crippen molar-refractivity contribution in [2.24, 2.45) is 0 Å². The molecule has 0 aliphatic rings. The molecule has 0 aliphatic carbocycles. The summed E-state index contributed by atoms with van der Waals surface area (Å²) in [5, 5.41) is 3.48. The van der Waals surface area contributed by atoms with Crippen LogP contribution in [0.25, 0.3) is 0 Å². The lowest BCUT2D eigenvalue weighted by molar-refractivity contribution is 0.690. The largest absolute Gasteiger partial charge is 0.383 e. The van der Waals surface area contributed by atoms with Gasteiger partial charge in [-0.15, -0.1) is 0 Å². The van der Waals surface area contributed by atoms with Gasteiger partial charge in [0.1, 0.15) is 0 Å². The van der Waals surface area contributed by atoms with E-state index in [1.165, 1.54) is 22.1 Å². The fourth-order valence-electron chi connectivity index (χ4n) is 1.38. The summed E-state index contributed by atoms with van der Waals surface area (Å²) < 4.78 is 2.41. The van der Waals surface area contributed by atoms with Crippen LogP contribution < -0.4 is 5.32 Å². The smallest absolute Gasteiger partial charge is 0.0354 e. The van der Waals surface area contributed by atoms with Gasteiger partial charge in [-0.3, -0.25) is 0 Å². The second-order valence-corrected chi connectivity index (χ2v) is 5.48. The second-order valence-electron chi connectivity index (χ2n) is 3.46. The number of benzene rings is 1. The van der Waals surface area contributed by atoms with Crippen LogP contribution in [0.3, 0.4) is 0 Å². The number of hydrogen-bond donors (Lipinski definition) is 1. The van der Waals surface area contributed by atoms with Crippen LogP contribution in [0, 0.1) is 3.57 Å². The molecule has 1 atom stereocenters. The van der Waals surface area contributed by atoms with Crippen LogP contribution >= 0.6 is 38.5 Å². The lowest BCUT2D eigenvalue weighted by Gasteiger charge is -2.14. The average Bonchev–Trinajstić information content (AvgIpc) is 2.12. The normalized spacial score (nSPS) is 12.6. The Kier molecular flexibility index (Phi) is 5.23. The third-order valence-corrected chi connectivity index (χ3v) is 4.39. The maximum Gasteiger partial charge on any atom is 0.0354 e. The molecule has 1 unspecified atom stereocenters. The van der Waals surface area contributed by atoms with Gasteiger partial charge in [-0.2, -0.15) is 0 Å². The van der Waals surface area contributed by atoms with Crippen molar-refractivity contribution in [3.8, 4) is 0 Å². The van der Waals surface area contributed by atoms with Crippen LogP contribution in [0.2, 0.25) is 0 Å². The molecule has 1 N–H and O–H groups in total. The molecule has 0 bridgehead atoms. The van der Waals surface area contributed by atoms with Crippen molar-refractivity contribution in [3.05, 3.63) is 26.2 Å². The van der Waals surface area contributed by atoms with Gasteiger partial charge in [0.2, 0.25) is 0 Å². The molecule has 0 saturated carbocycles. The third kappa shape index (κ3) is 3.77. The Hall–Kier alpha value is 0.230. The predicted molar refractivity (Wildman–Crippen MR) is 74.9 cm³/mol. The highest BCUT2D eigenvalue weighted by molar-refractivity contribution is 14.1. The van der Waals surface area contributed by atoms with Crippen LogP contribution in [-0.2, 0) is 0 Å². The van der Waals surface area contributed by atoms with Crippen molar-refractivity contribution >= 4 is 44.2 Å². The number of anilines is 1. The first kappa shape index (κ1) is 12.3. The van der Waals surface area contributed by atoms with Gasteiger partial charge in [0.05, 0.1) is 0 Å². The van der Waals surface area contributed by atoms with Gasteiger partial charge in [-0.05, 0) is 70.1 Å². The lowest BCUT2D eigenvalue weighted by Crippen LogP contribution is -2.14. The highest BCUT2D eigenvalue weighted by Crippen LogP contribution is 2.23. The van der Waals surface area contributed by atoms with E-state index in [0.29, 0.717) is 6.04 Å². The standard InChI is InChI=1S/C11H15BrIN/c1-3-4-8(2)14-9-5-6-11(13)10(12)7-9/h5-8,14H,3-4H2,1-2H3. The molecule has 14 heavy (non-hydrogen) atoms. The molecule has 1 aromatic rings. The summed E-state index contributed by atoms with van der Waals surface area (Å²) >= 11 is 5.84. The average molecular weight is 368 g/mol. The van der Waals surface area contributed by atoms with E-state index in [1.807, 2.05) is 0 Å². The Balaban J connectivity index is 2.63. The van der Waals surface area contributed by atoms with Gasteiger partial charge in [0, 0.05) is 19.8 Å². The number of nitrogens with one attached hydrogen (secondary N) is 1. The number of halogens is 2. The molecule has 0 heterocycles. The van der Waals surface area contributed by atoms with E-state index in [0.717, 1.165) is 4.47 Å². The van der Waals surface area contributed by atoms with Gasteiger partial charge >= 0.3 is 0 Å². The van der Waals surface area contributed by atoms with Crippen LogP contribution in [0.1, 0.15) is 26.7 Å². The van der Waals surface area contributed by atoms with Crippen LogP contribution in [0.15, 0.2) is 22.7 Å². The van der Waals surface area contributed by atoms with Crippen LogP contribution in [-0.4, -0.2) is 6.04 Å². The molecule has 0 radical (unpaired) electrons. The van der Waals surface area contributed by atoms with Gasteiger partial charge < -0.3 is 5.32 Å². The minimum absolute atomic E-state index is 0.548. The van der Waals surface area contributed by atoms with E-state index in [4.69, 9.17) is 0 Å². The molecule has 0 aromatic heterocycles. The van der Waals surface area contributed by atoms with Crippen molar-refractivity contribution in [3.63, 3.8) is 0 Å². The number of rotatable bonds is 4. The molecular weight excluding hydrogens is 353 g/mol. The molecule has 0 amide bonds. The van der Waals surface area contributed by atoms with Gasteiger partial charge in [0.25, 0.3) is 0 Å². The van der Waals surface area contributed by atoms with E-state index in [9.17, 15) is 0 Å². The highest BCUT2D eigenvalue weighted by atomic mass is 127. The summed E-state index contributed by atoms with van der Waals surface area (Å²) in [4.78, 5) is 0. The maximum atomic E-state index is 3.53. The Bertz CT molecular complexity index is 301. The molecule has 3 heteroatoms. The zero-order chi connectivity index (χ0) is 10.6. The first-order valence-electron chi connectivity index (χ1n) is 4.85. The Morgan fingerprint density at radius 1 is 1.50 bits per heavy atom. The molecule has 0 spiro atoms. The summed E-state index contributed by atoms with van der Waals surface area (Å²) in [6, 6.07) is 6.92. The van der Waals surface area contributed by atoms with Crippen molar-refractivity contribution in [2.75, 3.05) is 5.32 Å². The zero-order valence-electron chi connectivity index (χ0n) is 8.48. The maximum absolute atomic E-state index is 3.53. The fraction of sp³-hybridized carbons (Fsp3) is 0.455. The van der Waals surface area contributed by atoms with E-state index < -0.39 is 0 Å². The summed E-state index contributed by atoms with van der Waals surface area (Å²) in [5.74, 6) is 0. The predicted octanol–water partition coefficient (Wildman–Crippen LogP) is 4.65. The van der Waals surface area contributed by atoms with Crippen molar-refractivity contribution in [1.82, 2.24) is 0 Å². The number of hydrogen-bond acceptors (Lipinski definition) is 1. The van der Waals surface area contributed by atoms with E-state index in [1.54, 1.807) is 0 Å². The van der Waals surface area contributed by atoms with E-state index >= 15 is 0 Å². The monoisotopic (exact) mass is 367 g/mol. The van der Waals surface area contributed by atoms with Crippen LogP contribution in [0.5, 0.6) is 0 Å². The Labute approximate surface area is 108 Å². The quantitative estimate of drug-likeness (QED) is 0.763.